The van der Waals surface area contributed by atoms with E-state index in [0.717, 1.165) is 24.2 Å². The summed E-state index contributed by atoms with van der Waals surface area (Å²) in [6.07, 6.45) is 4.68. The molecular formula is C17H18N4O3S. The van der Waals surface area contributed by atoms with Gasteiger partial charge in [-0.05, 0) is 24.6 Å². The van der Waals surface area contributed by atoms with E-state index in [4.69, 9.17) is 4.42 Å². The maximum absolute atomic E-state index is 12.6. The van der Waals surface area contributed by atoms with Gasteiger partial charge in [0.05, 0.1) is 4.90 Å². The number of benzene rings is 1. The summed E-state index contributed by atoms with van der Waals surface area (Å²) >= 11 is 0. The average Bonchev–Trinajstić information content (AvgIpc) is 3.23. The first-order valence-corrected chi connectivity index (χ1v) is 9.55. The van der Waals surface area contributed by atoms with Gasteiger partial charge in [0.2, 0.25) is 10.0 Å². The first-order valence-electron chi connectivity index (χ1n) is 8.07. The van der Waals surface area contributed by atoms with Crippen molar-refractivity contribution in [3.8, 4) is 11.3 Å². The molecule has 8 heteroatoms. The van der Waals surface area contributed by atoms with Gasteiger partial charge in [-0.15, -0.1) is 0 Å². The molecule has 0 saturated heterocycles. The number of hydrogen-bond donors (Lipinski definition) is 1. The van der Waals surface area contributed by atoms with Crippen LogP contribution in [-0.4, -0.2) is 29.2 Å². The molecular weight excluding hydrogens is 340 g/mol. The zero-order chi connectivity index (χ0) is 17.4. The molecule has 0 unspecified atom stereocenters. The maximum atomic E-state index is 12.6. The first kappa shape index (κ1) is 16.0. The summed E-state index contributed by atoms with van der Waals surface area (Å²) in [5.74, 6) is 0.574. The van der Waals surface area contributed by atoms with Crippen molar-refractivity contribution < 1.29 is 12.8 Å². The number of fused-ring (bicyclic) bond motifs is 1. The van der Waals surface area contributed by atoms with Gasteiger partial charge in [-0.25, -0.2) is 18.1 Å². The van der Waals surface area contributed by atoms with Crippen LogP contribution < -0.4 is 4.72 Å². The highest BCUT2D eigenvalue weighted by molar-refractivity contribution is 7.89. The molecule has 1 aromatic carbocycles. The summed E-state index contributed by atoms with van der Waals surface area (Å²) in [7, 11) is -3.56. The summed E-state index contributed by atoms with van der Waals surface area (Å²) in [5.41, 5.74) is 2.56. The van der Waals surface area contributed by atoms with Crippen molar-refractivity contribution in [1.82, 2.24) is 19.5 Å². The molecule has 1 atom stereocenters. The zero-order valence-corrected chi connectivity index (χ0v) is 14.5. The Labute approximate surface area is 145 Å². The van der Waals surface area contributed by atoms with Crippen LogP contribution in [0.5, 0.6) is 0 Å². The molecule has 130 valence electrons. The second kappa shape index (κ2) is 6.12. The van der Waals surface area contributed by atoms with E-state index in [2.05, 4.69) is 14.8 Å². The summed E-state index contributed by atoms with van der Waals surface area (Å²) < 4.78 is 35.2. The fourth-order valence-corrected chi connectivity index (χ4v) is 4.33. The Morgan fingerprint density at radius 3 is 2.76 bits per heavy atom. The number of nitrogens with one attached hydrogen (secondary N) is 1. The van der Waals surface area contributed by atoms with Gasteiger partial charge in [-0.2, -0.15) is 5.10 Å². The van der Waals surface area contributed by atoms with E-state index < -0.39 is 10.0 Å². The van der Waals surface area contributed by atoms with E-state index >= 15 is 0 Å². The first-order chi connectivity index (χ1) is 12.0. The number of sulfonamides is 1. The number of nitrogens with zero attached hydrogens (tertiary/aromatic N) is 3. The molecule has 0 fully saturated rings. The highest BCUT2D eigenvalue weighted by Gasteiger charge is 2.24. The lowest BCUT2D eigenvalue weighted by atomic mass is 10.1. The Kier molecular flexibility index (Phi) is 3.93. The topological polar surface area (TPSA) is 90.0 Å². The minimum atomic E-state index is -3.56. The lowest BCUT2D eigenvalue weighted by Crippen LogP contribution is -2.40. The standard InChI is InChI=1S/C17H18N4O3S/c1-12-19-17(11-24-12)13-2-4-16(5-3-13)25(22,23)20-14-7-9-21-15(10-14)6-8-18-21/h2-6,8,11,14,20H,7,9-10H2,1H3/t14-/m0/s1. The SMILES string of the molecule is Cc1nc(-c2ccc(S(=O)(=O)N[C@H]3CCn4nccc4C3)cc2)co1. The number of hydrogen-bond acceptors (Lipinski definition) is 5. The molecule has 0 bridgehead atoms. The third kappa shape index (κ3) is 3.22. The molecule has 7 nitrogen and oxygen atoms in total. The summed E-state index contributed by atoms with van der Waals surface area (Å²) in [4.78, 5) is 4.49. The number of oxazole rings is 1. The molecule has 0 amide bonds. The smallest absolute Gasteiger partial charge is 0.240 e. The lowest BCUT2D eigenvalue weighted by molar-refractivity contribution is 0.414. The maximum Gasteiger partial charge on any atom is 0.240 e. The van der Waals surface area contributed by atoms with Crippen LogP contribution in [0.25, 0.3) is 11.3 Å². The van der Waals surface area contributed by atoms with Crippen LogP contribution in [0.4, 0.5) is 0 Å². The van der Waals surface area contributed by atoms with E-state index in [-0.39, 0.29) is 10.9 Å². The van der Waals surface area contributed by atoms with Crippen molar-refractivity contribution in [2.45, 2.75) is 37.2 Å². The Hall–Kier alpha value is -2.45. The van der Waals surface area contributed by atoms with Crippen LogP contribution in [-0.2, 0) is 23.0 Å². The number of rotatable bonds is 4. The van der Waals surface area contributed by atoms with Crippen molar-refractivity contribution >= 4 is 10.0 Å². The predicted molar refractivity (Wildman–Crippen MR) is 91.3 cm³/mol. The van der Waals surface area contributed by atoms with Crippen molar-refractivity contribution in [2.75, 3.05) is 0 Å². The highest BCUT2D eigenvalue weighted by Crippen LogP contribution is 2.22. The van der Waals surface area contributed by atoms with Crippen molar-refractivity contribution in [3.05, 3.63) is 54.4 Å². The molecule has 3 heterocycles. The van der Waals surface area contributed by atoms with Gasteiger partial charge in [0.1, 0.15) is 12.0 Å². The van der Waals surface area contributed by atoms with Crippen LogP contribution in [0.15, 0.2) is 52.1 Å². The summed E-state index contributed by atoms with van der Waals surface area (Å²) in [6.45, 7) is 2.49. The zero-order valence-electron chi connectivity index (χ0n) is 13.7. The predicted octanol–water partition coefficient (Wildman–Crippen LogP) is 2.14. The van der Waals surface area contributed by atoms with Gasteiger partial charge >= 0.3 is 0 Å². The molecule has 0 saturated carbocycles. The molecule has 1 aliphatic rings. The van der Waals surface area contributed by atoms with Crippen LogP contribution in [0, 0.1) is 6.92 Å². The number of aromatic nitrogens is 3. The van der Waals surface area contributed by atoms with Crippen LogP contribution >= 0.6 is 0 Å². The molecule has 0 spiro atoms. The van der Waals surface area contributed by atoms with E-state index in [1.807, 2.05) is 10.7 Å². The number of aryl methyl sites for hydroxylation is 2. The normalized spacial score (nSPS) is 17.4. The van der Waals surface area contributed by atoms with E-state index in [0.29, 0.717) is 18.0 Å². The lowest BCUT2D eigenvalue weighted by Gasteiger charge is -2.24. The van der Waals surface area contributed by atoms with Gasteiger partial charge in [-0.1, -0.05) is 12.1 Å². The fourth-order valence-electron chi connectivity index (χ4n) is 3.06. The quantitative estimate of drug-likeness (QED) is 0.772. The largest absolute Gasteiger partial charge is 0.449 e. The van der Waals surface area contributed by atoms with Gasteiger partial charge in [0.15, 0.2) is 5.89 Å². The summed E-state index contributed by atoms with van der Waals surface area (Å²) in [5, 5.41) is 4.21. The Balaban J connectivity index is 1.50. The van der Waals surface area contributed by atoms with Gasteiger partial charge < -0.3 is 4.42 Å². The van der Waals surface area contributed by atoms with Crippen LogP contribution in [0.2, 0.25) is 0 Å². The van der Waals surface area contributed by atoms with Gasteiger partial charge in [-0.3, -0.25) is 4.68 Å². The average molecular weight is 358 g/mol. The van der Waals surface area contributed by atoms with Gasteiger partial charge in [0, 0.05) is 43.4 Å². The van der Waals surface area contributed by atoms with Crippen molar-refractivity contribution in [3.63, 3.8) is 0 Å². The molecule has 2 aromatic heterocycles. The Morgan fingerprint density at radius 1 is 1.24 bits per heavy atom. The van der Waals surface area contributed by atoms with E-state index in [1.54, 1.807) is 43.6 Å². The second-order valence-corrected chi connectivity index (χ2v) is 7.85. The summed E-state index contributed by atoms with van der Waals surface area (Å²) in [6, 6.07) is 8.47. The van der Waals surface area contributed by atoms with Crippen LogP contribution in [0.3, 0.4) is 0 Å². The minimum absolute atomic E-state index is 0.118. The molecule has 1 aliphatic heterocycles. The van der Waals surface area contributed by atoms with Crippen LogP contribution in [0.1, 0.15) is 18.0 Å². The Morgan fingerprint density at radius 2 is 2.04 bits per heavy atom. The fraction of sp³-hybridized carbons (Fsp3) is 0.294. The molecule has 0 radical (unpaired) electrons. The molecule has 1 N–H and O–H groups in total. The highest BCUT2D eigenvalue weighted by atomic mass is 32.2. The molecule has 0 aliphatic carbocycles. The third-order valence-corrected chi connectivity index (χ3v) is 5.89. The van der Waals surface area contributed by atoms with Crippen molar-refractivity contribution in [1.29, 1.82) is 0 Å². The minimum Gasteiger partial charge on any atom is -0.449 e. The Bertz CT molecular complexity index is 989. The van der Waals surface area contributed by atoms with Gasteiger partial charge in [0.25, 0.3) is 0 Å². The molecule has 25 heavy (non-hydrogen) atoms. The molecule has 3 aromatic rings. The van der Waals surface area contributed by atoms with Crippen molar-refractivity contribution in [2.24, 2.45) is 0 Å². The van der Waals surface area contributed by atoms with E-state index in [9.17, 15) is 8.42 Å². The van der Waals surface area contributed by atoms with E-state index in [1.165, 1.54) is 0 Å². The molecule has 4 rings (SSSR count). The second-order valence-electron chi connectivity index (χ2n) is 6.13. The third-order valence-electron chi connectivity index (χ3n) is 4.35. The monoisotopic (exact) mass is 358 g/mol.